The van der Waals surface area contributed by atoms with E-state index in [2.05, 4.69) is 4.98 Å². The van der Waals surface area contributed by atoms with Crippen LogP contribution in [0.3, 0.4) is 0 Å². The fourth-order valence-electron chi connectivity index (χ4n) is 3.01. The lowest BCUT2D eigenvalue weighted by atomic mass is 10.2. The minimum absolute atomic E-state index is 0.126. The van der Waals surface area contributed by atoms with Gasteiger partial charge in [0.2, 0.25) is 5.91 Å². The molecule has 1 fully saturated rings. The van der Waals surface area contributed by atoms with Crippen molar-refractivity contribution in [2.45, 2.75) is 43.0 Å². The number of likely N-dealkylation sites (tertiary alicyclic amines) is 1. The highest BCUT2D eigenvalue weighted by atomic mass is 35.5. The van der Waals surface area contributed by atoms with E-state index in [1.165, 1.54) is 24.6 Å². The summed E-state index contributed by atoms with van der Waals surface area (Å²) in [5.41, 5.74) is 1.91. The molecule has 1 unspecified atom stereocenters. The number of halogens is 1. The molecule has 2 aromatic rings. The van der Waals surface area contributed by atoms with Gasteiger partial charge in [0, 0.05) is 25.2 Å². The first kappa shape index (κ1) is 16.7. The zero-order chi connectivity index (χ0) is 16.4. The van der Waals surface area contributed by atoms with Crippen molar-refractivity contribution in [2.75, 3.05) is 13.1 Å². The van der Waals surface area contributed by atoms with Crippen molar-refractivity contribution < 1.29 is 4.79 Å². The third kappa shape index (κ3) is 3.66. The van der Waals surface area contributed by atoms with Crippen molar-refractivity contribution in [3.63, 3.8) is 0 Å². The van der Waals surface area contributed by atoms with Gasteiger partial charge in [-0.15, -0.1) is 0 Å². The van der Waals surface area contributed by atoms with Crippen LogP contribution in [0.5, 0.6) is 0 Å². The van der Waals surface area contributed by atoms with Crippen molar-refractivity contribution in [1.82, 2.24) is 14.5 Å². The summed E-state index contributed by atoms with van der Waals surface area (Å²) in [6.45, 7) is 3.76. The van der Waals surface area contributed by atoms with Gasteiger partial charge in [-0.1, -0.05) is 36.2 Å². The normalized spacial score (nSPS) is 17.3. The highest BCUT2D eigenvalue weighted by Crippen LogP contribution is 2.28. The van der Waals surface area contributed by atoms with Crippen LogP contribution >= 0.6 is 23.4 Å². The number of carbonyl (C=O) groups is 1. The maximum atomic E-state index is 12.7. The monoisotopic (exact) mass is 351 g/mol. The number of imidazole rings is 1. The third-order valence-corrected chi connectivity index (χ3v) is 5.72. The molecule has 1 amide bonds. The summed E-state index contributed by atoms with van der Waals surface area (Å²) in [6, 6.07) is 5.70. The van der Waals surface area contributed by atoms with Crippen molar-refractivity contribution in [3.05, 3.63) is 23.2 Å². The van der Waals surface area contributed by atoms with Crippen LogP contribution in [0, 0.1) is 0 Å². The third-order valence-electron chi connectivity index (χ3n) is 4.35. The molecule has 4 nitrogen and oxygen atoms in total. The van der Waals surface area contributed by atoms with E-state index in [4.69, 9.17) is 11.6 Å². The summed E-state index contributed by atoms with van der Waals surface area (Å²) in [5.74, 6) is 0.224. The van der Waals surface area contributed by atoms with E-state index in [9.17, 15) is 4.79 Å². The van der Waals surface area contributed by atoms with Crippen LogP contribution in [-0.2, 0) is 11.8 Å². The molecule has 1 aromatic heterocycles. The Labute approximate surface area is 146 Å². The molecule has 124 valence electrons. The first-order chi connectivity index (χ1) is 11.1. The van der Waals surface area contributed by atoms with Gasteiger partial charge in [-0.05, 0) is 38.0 Å². The molecule has 2 heterocycles. The number of aryl methyl sites for hydroxylation is 1. The zero-order valence-electron chi connectivity index (χ0n) is 13.6. The molecule has 0 spiro atoms. The van der Waals surface area contributed by atoms with Crippen molar-refractivity contribution in [2.24, 2.45) is 7.05 Å². The number of aromatic nitrogens is 2. The lowest BCUT2D eigenvalue weighted by Crippen LogP contribution is -2.37. The van der Waals surface area contributed by atoms with Gasteiger partial charge in [0.15, 0.2) is 5.16 Å². The highest BCUT2D eigenvalue weighted by Gasteiger charge is 2.24. The van der Waals surface area contributed by atoms with E-state index in [0.29, 0.717) is 5.02 Å². The summed E-state index contributed by atoms with van der Waals surface area (Å²) >= 11 is 7.56. The number of nitrogens with zero attached hydrogens (tertiary/aromatic N) is 3. The molecular weight excluding hydrogens is 330 g/mol. The average Bonchev–Trinajstić information content (AvgIpc) is 2.73. The van der Waals surface area contributed by atoms with E-state index >= 15 is 0 Å². The molecule has 1 saturated heterocycles. The topological polar surface area (TPSA) is 38.1 Å². The van der Waals surface area contributed by atoms with Crippen molar-refractivity contribution >= 4 is 40.3 Å². The minimum atomic E-state index is -0.126. The molecule has 1 aliphatic rings. The van der Waals surface area contributed by atoms with Crippen LogP contribution in [0.4, 0.5) is 0 Å². The summed E-state index contributed by atoms with van der Waals surface area (Å²) in [4.78, 5) is 19.3. The van der Waals surface area contributed by atoms with E-state index in [1.54, 1.807) is 0 Å². The second kappa shape index (κ2) is 7.14. The molecular formula is C17H22ClN3OS. The predicted molar refractivity (Wildman–Crippen MR) is 96.1 cm³/mol. The molecule has 1 aromatic carbocycles. The van der Waals surface area contributed by atoms with Gasteiger partial charge in [0.1, 0.15) is 0 Å². The van der Waals surface area contributed by atoms with E-state index in [0.717, 1.165) is 42.1 Å². The standard InChI is InChI=1S/C17H22ClN3OS/c1-12(16(22)21-9-5-3-4-6-10-21)23-17-19-14-11-13(18)7-8-15(14)20(17)2/h7-8,11-12H,3-6,9-10H2,1-2H3. The highest BCUT2D eigenvalue weighted by molar-refractivity contribution is 8.00. The van der Waals surface area contributed by atoms with Gasteiger partial charge >= 0.3 is 0 Å². The lowest BCUT2D eigenvalue weighted by molar-refractivity contribution is -0.130. The number of rotatable bonds is 3. The first-order valence-corrected chi connectivity index (χ1v) is 9.39. The van der Waals surface area contributed by atoms with Crippen LogP contribution in [-0.4, -0.2) is 38.7 Å². The molecule has 0 radical (unpaired) electrons. The van der Waals surface area contributed by atoms with E-state index in [-0.39, 0.29) is 11.2 Å². The quantitative estimate of drug-likeness (QED) is 0.781. The summed E-state index contributed by atoms with van der Waals surface area (Å²) < 4.78 is 2.03. The molecule has 0 bridgehead atoms. The van der Waals surface area contributed by atoms with Crippen LogP contribution in [0.1, 0.15) is 32.6 Å². The molecule has 3 rings (SSSR count). The Balaban J connectivity index is 1.75. The number of benzene rings is 1. The SMILES string of the molecule is CC(Sc1nc2cc(Cl)ccc2n1C)C(=O)N1CCCCCC1. The largest absolute Gasteiger partial charge is 0.342 e. The number of hydrogen-bond donors (Lipinski definition) is 0. The number of hydrogen-bond acceptors (Lipinski definition) is 3. The average molecular weight is 352 g/mol. The van der Waals surface area contributed by atoms with Gasteiger partial charge in [0.05, 0.1) is 16.3 Å². The molecule has 1 aliphatic heterocycles. The molecule has 0 N–H and O–H groups in total. The molecule has 0 saturated carbocycles. The van der Waals surface area contributed by atoms with E-state index < -0.39 is 0 Å². The molecule has 23 heavy (non-hydrogen) atoms. The Kier molecular flexibility index (Phi) is 5.17. The molecule has 6 heteroatoms. The van der Waals surface area contributed by atoms with Crippen LogP contribution in [0.25, 0.3) is 11.0 Å². The first-order valence-electron chi connectivity index (χ1n) is 8.13. The lowest BCUT2D eigenvalue weighted by Gasteiger charge is -2.23. The van der Waals surface area contributed by atoms with Gasteiger partial charge in [-0.3, -0.25) is 4.79 Å². The van der Waals surface area contributed by atoms with Gasteiger partial charge in [-0.25, -0.2) is 4.98 Å². The Morgan fingerprint density at radius 3 is 2.65 bits per heavy atom. The number of carbonyl (C=O) groups excluding carboxylic acids is 1. The Morgan fingerprint density at radius 2 is 1.96 bits per heavy atom. The van der Waals surface area contributed by atoms with Gasteiger partial charge in [-0.2, -0.15) is 0 Å². The van der Waals surface area contributed by atoms with Gasteiger partial charge < -0.3 is 9.47 Å². The Hall–Kier alpha value is -1.20. The number of thioether (sulfide) groups is 1. The Morgan fingerprint density at radius 1 is 1.26 bits per heavy atom. The van der Waals surface area contributed by atoms with Crippen LogP contribution in [0.2, 0.25) is 5.02 Å². The smallest absolute Gasteiger partial charge is 0.235 e. The van der Waals surface area contributed by atoms with Crippen molar-refractivity contribution in [3.8, 4) is 0 Å². The minimum Gasteiger partial charge on any atom is -0.342 e. The maximum Gasteiger partial charge on any atom is 0.235 e. The second-order valence-corrected chi connectivity index (χ2v) is 7.83. The predicted octanol–water partition coefficient (Wildman–Crippen LogP) is 4.11. The summed E-state index contributed by atoms with van der Waals surface area (Å²) in [7, 11) is 1.98. The second-order valence-electron chi connectivity index (χ2n) is 6.09. The number of fused-ring (bicyclic) bond motifs is 1. The fraction of sp³-hybridized carbons (Fsp3) is 0.529. The summed E-state index contributed by atoms with van der Waals surface area (Å²) in [5, 5.41) is 1.41. The zero-order valence-corrected chi connectivity index (χ0v) is 15.2. The van der Waals surface area contributed by atoms with Crippen LogP contribution in [0.15, 0.2) is 23.4 Å². The van der Waals surface area contributed by atoms with Crippen molar-refractivity contribution in [1.29, 1.82) is 0 Å². The molecule has 1 atom stereocenters. The summed E-state index contributed by atoms with van der Waals surface area (Å²) in [6.07, 6.45) is 4.70. The molecule has 0 aliphatic carbocycles. The van der Waals surface area contributed by atoms with Crippen LogP contribution < -0.4 is 0 Å². The van der Waals surface area contributed by atoms with Gasteiger partial charge in [0.25, 0.3) is 0 Å². The number of amides is 1. The maximum absolute atomic E-state index is 12.7. The van der Waals surface area contributed by atoms with E-state index in [1.807, 2.05) is 41.6 Å². The fourth-order valence-corrected chi connectivity index (χ4v) is 4.15. The Bertz CT molecular complexity index is 707.